The summed E-state index contributed by atoms with van der Waals surface area (Å²) in [5.74, 6) is -0.974. The largest absolute Gasteiger partial charge is 0.496 e. The summed E-state index contributed by atoms with van der Waals surface area (Å²) in [6.07, 6.45) is 4.48. The number of anilines is 2. The summed E-state index contributed by atoms with van der Waals surface area (Å²) in [6, 6.07) is 8.22. The maximum absolute atomic E-state index is 13.2. The van der Waals surface area contributed by atoms with E-state index in [4.69, 9.17) is 4.74 Å². The molecule has 0 bridgehead atoms. The summed E-state index contributed by atoms with van der Waals surface area (Å²) in [7, 11) is 1.38. The van der Waals surface area contributed by atoms with E-state index in [2.05, 4.69) is 19.4 Å². The fourth-order valence-electron chi connectivity index (χ4n) is 4.06. The number of fused-ring (bicyclic) bond motifs is 1. The summed E-state index contributed by atoms with van der Waals surface area (Å²) >= 11 is 1.03. The van der Waals surface area contributed by atoms with Crippen LogP contribution in [0.3, 0.4) is 0 Å². The van der Waals surface area contributed by atoms with Gasteiger partial charge in [-0.1, -0.05) is 25.3 Å². The second-order valence-corrected chi connectivity index (χ2v) is 8.20. The minimum atomic E-state index is -1.17. The SMILES string of the molecule is COc1ccc(N(C(=O)NC(=O)Nc2cccc3nsnc23)C2CCCCC2)cc1C(=O)O. The van der Waals surface area contributed by atoms with Crippen LogP contribution in [-0.2, 0) is 0 Å². The van der Waals surface area contributed by atoms with Crippen molar-refractivity contribution in [2.75, 3.05) is 17.3 Å². The second-order valence-electron chi connectivity index (χ2n) is 7.67. The van der Waals surface area contributed by atoms with E-state index in [1.165, 1.54) is 24.1 Å². The summed E-state index contributed by atoms with van der Waals surface area (Å²) in [5, 5.41) is 14.6. The molecule has 3 aromatic rings. The van der Waals surface area contributed by atoms with Gasteiger partial charge in [0.2, 0.25) is 0 Å². The van der Waals surface area contributed by atoms with Gasteiger partial charge in [-0.05, 0) is 43.2 Å². The van der Waals surface area contributed by atoms with Crippen LogP contribution >= 0.6 is 11.7 Å². The quantitative estimate of drug-likeness (QED) is 0.502. The highest BCUT2D eigenvalue weighted by Gasteiger charge is 2.29. The molecular weight excluding hydrogens is 446 g/mol. The van der Waals surface area contributed by atoms with E-state index in [9.17, 15) is 19.5 Å². The number of methoxy groups -OCH3 is 1. The number of rotatable bonds is 5. The number of carbonyl (C=O) groups excluding carboxylic acids is 2. The number of hydrogen-bond acceptors (Lipinski definition) is 7. The highest BCUT2D eigenvalue weighted by atomic mass is 32.1. The van der Waals surface area contributed by atoms with Crippen molar-refractivity contribution < 1.29 is 24.2 Å². The van der Waals surface area contributed by atoms with Crippen molar-refractivity contribution in [3.63, 3.8) is 0 Å². The van der Waals surface area contributed by atoms with Gasteiger partial charge in [0.15, 0.2) is 0 Å². The average molecular weight is 470 g/mol. The molecule has 0 saturated heterocycles. The van der Waals surface area contributed by atoms with Crippen LogP contribution in [-0.4, -0.2) is 45.0 Å². The number of nitrogens with one attached hydrogen (secondary N) is 2. The van der Waals surface area contributed by atoms with Gasteiger partial charge in [-0.25, -0.2) is 14.4 Å². The smallest absolute Gasteiger partial charge is 0.339 e. The Bertz CT molecular complexity index is 1190. The zero-order valence-electron chi connectivity index (χ0n) is 17.9. The number of nitrogens with zero attached hydrogens (tertiary/aromatic N) is 3. The topological polar surface area (TPSA) is 134 Å². The molecule has 0 spiro atoms. The Balaban J connectivity index is 1.58. The minimum absolute atomic E-state index is 0.0595. The molecule has 0 atom stereocenters. The second kappa shape index (κ2) is 9.82. The van der Waals surface area contributed by atoms with E-state index >= 15 is 0 Å². The number of imide groups is 1. The molecule has 0 radical (unpaired) electrons. The first-order valence-corrected chi connectivity index (χ1v) is 11.2. The summed E-state index contributed by atoms with van der Waals surface area (Å²) in [5.41, 5.74) is 1.95. The molecule has 1 saturated carbocycles. The van der Waals surface area contributed by atoms with E-state index in [-0.39, 0.29) is 17.4 Å². The van der Waals surface area contributed by atoms with Gasteiger partial charge in [-0.15, -0.1) is 0 Å². The number of carboxylic acids is 1. The Kier molecular flexibility index (Phi) is 6.68. The number of urea groups is 2. The summed E-state index contributed by atoms with van der Waals surface area (Å²) in [6.45, 7) is 0. The lowest BCUT2D eigenvalue weighted by atomic mass is 9.94. The molecule has 172 valence electrons. The molecule has 1 aliphatic carbocycles. The van der Waals surface area contributed by atoms with E-state index in [0.717, 1.165) is 43.8 Å². The fraction of sp³-hybridized carbons (Fsp3) is 0.318. The van der Waals surface area contributed by atoms with E-state index in [0.29, 0.717) is 22.4 Å². The fourth-order valence-corrected chi connectivity index (χ4v) is 4.61. The van der Waals surface area contributed by atoms with Crippen molar-refractivity contribution in [1.29, 1.82) is 0 Å². The molecule has 2 aromatic carbocycles. The van der Waals surface area contributed by atoms with Crippen molar-refractivity contribution in [3.05, 3.63) is 42.0 Å². The third-order valence-corrected chi connectivity index (χ3v) is 6.15. The van der Waals surface area contributed by atoms with E-state index < -0.39 is 18.0 Å². The highest BCUT2D eigenvalue weighted by molar-refractivity contribution is 7.00. The van der Waals surface area contributed by atoms with Crippen molar-refractivity contribution in [3.8, 4) is 5.75 Å². The van der Waals surface area contributed by atoms with Gasteiger partial charge in [0.25, 0.3) is 0 Å². The van der Waals surface area contributed by atoms with Crippen LogP contribution < -0.4 is 20.3 Å². The zero-order chi connectivity index (χ0) is 23.4. The predicted octanol–water partition coefficient (Wildman–Crippen LogP) is 4.48. The van der Waals surface area contributed by atoms with Crippen LogP contribution in [0.2, 0.25) is 0 Å². The number of benzene rings is 2. The molecule has 1 fully saturated rings. The molecule has 11 heteroatoms. The molecule has 10 nitrogen and oxygen atoms in total. The molecule has 4 rings (SSSR count). The van der Waals surface area contributed by atoms with Crippen molar-refractivity contribution in [2.45, 2.75) is 38.1 Å². The van der Waals surface area contributed by atoms with Crippen LogP contribution in [0.4, 0.5) is 21.0 Å². The van der Waals surface area contributed by atoms with Gasteiger partial charge in [0.1, 0.15) is 22.3 Å². The maximum atomic E-state index is 13.2. The van der Waals surface area contributed by atoms with Crippen molar-refractivity contribution >= 4 is 52.2 Å². The van der Waals surface area contributed by atoms with Crippen LogP contribution in [0.25, 0.3) is 11.0 Å². The van der Waals surface area contributed by atoms with Gasteiger partial charge < -0.3 is 15.2 Å². The van der Waals surface area contributed by atoms with E-state index in [1.807, 2.05) is 0 Å². The van der Waals surface area contributed by atoms with Crippen LogP contribution in [0.1, 0.15) is 42.5 Å². The molecule has 1 aromatic heterocycles. The summed E-state index contributed by atoms with van der Waals surface area (Å²) in [4.78, 5) is 39.1. The van der Waals surface area contributed by atoms with Crippen molar-refractivity contribution in [2.24, 2.45) is 0 Å². The lowest BCUT2D eigenvalue weighted by Crippen LogP contribution is -2.50. The van der Waals surface area contributed by atoms with Crippen molar-refractivity contribution in [1.82, 2.24) is 14.1 Å². The first-order chi connectivity index (χ1) is 16.0. The predicted molar refractivity (Wildman–Crippen MR) is 124 cm³/mol. The monoisotopic (exact) mass is 469 g/mol. The van der Waals surface area contributed by atoms with Gasteiger partial charge in [0.05, 0.1) is 24.5 Å². The number of carboxylic acid groups (broad SMARTS) is 1. The number of ether oxygens (including phenoxy) is 1. The highest BCUT2D eigenvalue weighted by Crippen LogP contribution is 2.31. The molecular formula is C22H23N5O5S. The molecule has 1 heterocycles. The Morgan fingerprint density at radius 2 is 1.91 bits per heavy atom. The zero-order valence-corrected chi connectivity index (χ0v) is 18.7. The Morgan fingerprint density at radius 1 is 1.12 bits per heavy atom. The van der Waals surface area contributed by atoms with Crippen LogP contribution in [0.5, 0.6) is 5.75 Å². The lowest BCUT2D eigenvalue weighted by Gasteiger charge is -2.34. The van der Waals surface area contributed by atoms with Gasteiger partial charge in [-0.2, -0.15) is 8.75 Å². The standard InChI is InChI=1S/C22H23N5O5S/c1-32-18-11-10-14(12-15(18)20(28)29)27(13-6-3-2-4-7-13)22(31)24-21(30)23-16-8-5-9-17-19(16)26-33-25-17/h5,8-13H,2-4,6-7H2,1H3,(H,28,29)(H2,23,24,30,31). The van der Waals surface area contributed by atoms with Gasteiger partial charge >= 0.3 is 18.0 Å². The molecule has 33 heavy (non-hydrogen) atoms. The first kappa shape index (κ1) is 22.5. The molecule has 3 N–H and O–H groups in total. The average Bonchev–Trinajstić information content (AvgIpc) is 3.30. The third-order valence-electron chi connectivity index (χ3n) is 5.60. The normalized spacial score (nSPS) is 14.0. The third kappa shape index (κ3) is 4.87. The Morgan fingerprint density at radius 3 is 2.64 bits per heavy atom. The number of amides is 4. The number of carbonyl (C=O) groups is 3. The number of aromatic nitrogens is 2. The Labute approximate surface area is 193 Å². The van der Waals surface area contributed by atoms with Gasteiger partial charge in [-0.3, -0.25) is 10.2 Å². The number of hydrogen-bond donors (Lipinski definition) is 3. The molecule has 0 unspecified atom stereocenters. The summed E-state index contributed by atoms with van der Waals surface area (Å²) < 4.78 is 13.4. The molecule has 1 aliphatic rings. The molecule has 4 amide bonds. The lowest BCUT2D eigenvalue weighted by molar-refractivity contribution is 0.0693. The minimum Gasteiger partial charge on any atom is -0.496 e. The van der Waals surface area contributed by atoms with Crippen LogP contribution in [0, 0.1) is 0 Å². The Hall–Kier alpha value is -3.73. The molecule has 0 aliphatic heterocycles. The first-order valence-electron chi connectivity index (χ1n) is 10.5. The maximum Gasteiger partial charge on any atom is 0.339 e. The number of aromatic carboxylic acids is 1. The van der Waals surface area contributed by atoms with Gasteiger partial charge in [0, 0.05) is 11.7 Å². The van der Waals surface area contributed by atoms with Crippen LogP contribution in [0.15, 0.2) is 36.4 Å². The van der Waals surface area contributed by atoms with E-state index in [1.54, 1.807) is 24.3 Å².